The number of ether oxygens (including phenoxy) is 2. The second kappa shape index (κ2) is 15.9. The fraction of sp³-hybridized carbons (Fsp3) is 0.714. The lowest BCUT2D eigenvalue weighted by Crippen LogP contribution is -2.07. The Morgan fingerprint density at radius 1 is 0.720 bits per heavy atom. The molecule has 0 amide bonds. The Hall–Kier alpha value is -1.58. The quantitative estimate of drug-likeness (QED) is 0.179. The van der Waals surface area contributed by atoms with Crippen molar-refractivity contribution in [3.05, 3.63) is 23.3 Å². The summed E-state index contributed by atoms with van der Waals surface area (Å²) in [5, 5.41) is 0. The molecule has 0 saturated heterocycles. The minimum Gasteiger partial charge on any atom is -0.466 e. The van der Waals surface area contributed by atoms with E-state index in [2.05, 4.69) is 11.7 Å². The average molecular weight is 353 g/mol. The molecule has 144 valence electrons. The first-order chi connectivity index (χ1) is 12.0. The molecule has 0 bridgehead atoms. The SMILES string of the molecule is CCCCCCCCCCCCOC(=O)/C(C)=C/C=C(\C)C(=O)OC. The molecule has 0 unspecified atom stereocenters. The van der Waals surface area contributed by atoms with Gasteiger partial charge in [0, 0.05) is 11.1 Å². The maximum absolute atomic E-state index is 11.8. The molecule has 0 aromatic heterocycles. The Bertz CT molecular complexity index is 435. The van der Waals surface area contributed by atoms with Crippen molar-refractivity contribution < 1.29 is 19.1 Å². The zero-order valence-corrected chi connectivity index (χ0v) is 16.6. The third kappa shape index (κ3) is 13.4. The Morgan fingerprint density at radius 2 is 1.16 bits per heavy atom. The molecule has 0 atom stereocenters. The summed E-state index contributed by atoms with van der Waals surface area (Å²) in [5.74, 6) is -0.729. The molecule has 0 aliphatic carbocycles. The smallest absolute Gasteiger partial charge is 0.333 e. The van der Waals surface area contributed by atoms with E-state index < -0.39 is 5.97 Å². The number of hydrogen-bond donors (Lipinski definition) is 0. The molecule has 0 aliphatic heterocycles. The van der Waals surface area contributed by atoms with Crippen LogP contribution in [0.4, 0.5) is 0 Å². The van der Waals surface area contributed by atoms with E-state index in [0.29, 0.717) is 17.8 Å². The topological polar surface area (TPSA) is 52.6 Å². The first-order valence-electron chi connectivity index (χ1n) is 9.63. The number of methoxy groups -OCH3 is 1. The number of hydrogen-bond acceptors (Lipinski definition) is 4. The fourth-order valence-corrected chi connectivity index (χ4v) is 2.42. The highest BCUT2D eigenvalue weighted by atomic mass is 16.5. The van der Waals surface area contributed by atoms with Gasteiger partial charge in [0.2, 0.25) is 0 Å². The van der Waals surface area contributed by atoms with Crippen LogP contribution in [0, 0.1) is 0 Å². The van der Waals surface area contributed by atoms with Crippen molar-refractivity contribution in [2.45, 2.75) is 85.0 Å². The van der Waals surface area contributed by atoms with Crippen molar-refractivity contribution in [3.8, 4) is 0 Å². The molecule has 0 saturated carbocycles. The summed E-state index contributed by atoms with van der Waals surface area (Å²) in [4.78, 5) is 23.1. The predicted octanol–water partition coefficient (Wildman–Crippen LogP) is 5.52. The summed E-state index contributed by atoms with van der Waals surface area (Å²) in [6.45, 7) is 6.02. The number of allylic oxidation sites excluding steroid dienone is 2. The van der Waals surface area contributed by atoms with Gasteiger partial charge in [-0.15, -0.1) is 0 Å². The van der Waals surface area contributed by atoms with Crippen LogP contribution in [0.2, 0.25) is 0 Å². The maximum atomic E-state index is 11.8. The van der Waals surface area contributed by atoms with Crippen molar-refractivity contribution in [3.63, 3.8) is 0 Å². The molecule has 0 N–H and O–H groups in total. The summed E-state index contributed by atoms with van der Waals surface area (Å²) in [7, 11) is 1.33. The van der Waals surface area contributed by atoms with Gasteiger partial charge in [0.05, 0.1) is 13.7 Å². The molecule has 0 heterocycles. The van der Waals surface area contributed by atoms with E-state index in [-0.39, 0.29) is 5.97 Å². The van der Waals surface area contributed by atoms with Crippen LogP contribution in [-0.2, 0) is 19.1 Å². The minimum atomic E-state index is -0.400. The molecule has 4 heteroatoms. The Balaban J connectivity index is 3.71. The van der Waals surface area contributed by atoms with Crippen LogP contribution in [0.1, 0.15) is 85.0 Å². The molecule has 0 aliphatic rings. The Morgan fingerprint density at radius 3 is 1.64 bits per heavy atom. The third-order valence-electron chi connectivity index (χ3n) is 4.14. The molecule has 4 nitrogen and oxygen atoms in total. The van der Waals surface area contributed by atoms with Crippen LogP contribution < -0.4 is 0 Å². The summed E-state index contributed by atoms with van der Waals surface area (Å²) >= 11 is 0. The minimum absolute atomic E-state index is 0.329. The number of carbonyl (C=O) groups excluding carboxylic acids is 2. The van der Waals surface area contributed by atoms with Crippen LogP contribution in [0.25, 0.3) is 0 Å². The molecular weight excluding hydrogens is 316 g/mol. The van der Waals surface area contributed by atoms with E-state index >= 15 is 0 Å². The summed E-state index contributed by atoms with van der Waals surface area (Å²) in [6.07, 6.45) is 15.7. The summed E-state index contributed by atoms with van der Waals surface area (Å²) < 4.78 is 9.84. The standard InChI is InChI=1S/C21H36O4/c1-5-6-7-8-9-10-11-12-13-14-17-25-21(23)19(3)16-15-18(2)20(22)24-4/h15-16H,5-14,17H2,1-4H3/b18-15+,19-16+. The van der Waals surface area contributed by atoms with Crippen molar-refractivity contribution in [2.24, 2.45) is 0 Å². The zero-order valence-electron chi connectivity index (χ0n) is 16.6. The maximum Gasteiger partial charge on any atom is 0.333 e. The molecule has 0 fully saturated rings. The van der Waals surface area contributed by atoms with Crippen LogP contribution in [0.15, 0.2) is 23.3 Å². The van der Waals surface area contributed by atoms with Gasteiger partial charge in [0.1, 0.15) is 0 Å². The van der Waals surface area contributed by atoms with Crippen LogP contribution in [0.5, 0.6) is 0 Å². The van der Waals surface area contributed by atoms with Crippen LogP contribution >= 0.6 is 0 Å². The normalized spacial score (nSPS) is 12.2. The van der Waals surface area contributed by atoms with Gasteiger partial charge in [0.25, 0.3) is 0 Å². The van der Waals surface area contributed by atoms with E-state index in [1.54, 1.807) is 26.0 Å². The Kier molecular flexibility index (Phi) is 14.9. The van der Waals surface area contributed by atoms with Crippen molar-refractivity contribution in [2.75, 3.05) is 13.7 Å². The lowest BCUT2D eigenvalue weighted by molar-refractivity contribution is -0.139. The van der Waals surface area contributed by atoms with E-state index in [9.17, 15) is 9.59 Å². The van der Waals surface area contributed by atoms with E-state index in [1.807, 2.05) is 0 Å². The van der Waals surface area contributed by atoms with E-state index in [0.717, 1.165) is 12.8 Å². The molecule has 0 rings (SSSR count). The van der Waals surface area contributed by atoms with E-state index in [1.165, 1.54) is 58.5 Å². The number of rotatable bonds is 14. The monoisotopic (exact) mass is 352 g/mol. The van der Waals surface area contributed by atoms with Crippen molar-refractivity contribution >= 4 is 11.9 Å². The van der Waals surface area contributed by atoms with Gasteiger partial charge in [-0.2, -0.15) is 0 Å². The van der Waals surface area contributed by atoms with Gasteiger partial charge < -0.3 is 9.47 Å². The number of unbranched alkanes of at least 4 members (excludes halogenated alkanes) is 9. The lowest BCUT2D eigenvalue weighted by atomic mass is 10.1. The molecule has 25 heavy (non-hydrogen) atoms. The second-order valence-electron chi connectivity index (χ2n) is 6.51. The van der Waals surface area contributed by atoms with Crippen LogP contribution in [0.3, 0.4) is 0 Å². The first-order valence-corrected chi connectivity index (χ1v) is 9.63. The van der Waals surface area contributed by atoms with Gasteiger partial charge in [-0.05, 0) is 20.3 Å². The molecule has 0 radical (unpaired) electrons. The highest BCUT2D eigenvalue weighted by Crippen LogP contribution is 2.10. The van der Waals surface area contributed by atoms with E-state index in [4.69, 9.17) is 4.74 Å². The van der Waals surface area contributed by atoms with Crippen molar-refractivity contribution in [1.82, 2.24) is 0 Å². The second-order valence-corrected chi connectivity index (χ2v) is 6.51. The molecule has 0 aromatic carbocycles. The zero-order chi connectivity index (χ0) is 18.9. The molecule has 0 spiro atoms. The predicted molar refractivity (Wildman–Crippen MR) is 102 cm³/mol. The number of carbonyl (C=O) groups is 2. The highest BCUT2D eigenvalue weighted by Gasteiger charge is 2.06. The fourth-order valence-electron chi connectivity index (χ4n) is 2.42. The van der Waals surface area contributed by atoms with Crippen LogP contribution in [-0.4, -0.2) is 25.7 Å². The van der Waals surface area contributed by atoms with Gasteiger partial charge in [-0.25, -0.2) is 9.59 Å². The lowest BCUT2D eigenvalue weighted by Gasteiger charge is -2.05. The van der Waals surface area contributed by atoms with Gasteiger partial charge in [-0.3, -0.25) is 0 Å². The first kappa shape index (κ1) is 23.4. The Labute approximate surface area is 153 Å². The molecular formula is C21H36O4. The highest BCUT2D eigenvalue weighted by molar-refractivity contribution is 5.90. The largest absolute Gasteiger partial charge is 0.466 e. The average Bonchev–Trinajstić information content (AvgIpc) is 2.62. The summed E-state index contributed by atoms with van der Waals surface area (Å²) in [5.41, 5.74) is 0.930. The van der Waals surface area contributed by atoms with Gasteiger partial charge in [0.15, 0.2) is 0 Å². The van der Waals surface area contributed by atoms with Gasteiger partial charge in [-0.1, -0.05) is 76.9 Å². The summed E-state index contributed by atoms with van der Waals surface area (Å²) in [6, 6.07) is 0. The van der Waals surface area contributed by atoms with Gasteiger partial charge >= 0.3 is 11.9 Å². The van der Waals surface area contributed by atoms with Crippen molar-refractivity contribution in [1.29, 1.82) is 0 Å². The third-order valence-corrected chi connectivity index (χ3v) is 4.14. The molecule has 0 aromatic rings. The number of esters is 2.